The van der Waals surface area contributed by atoms with Gasteiger partial charge in [0.05, 0.1) is 34.3 Å². The minimum absolute atomic E-state index is 0.00565. The summed E-state index contributed by atoms with van der Waals surface area (Å²) in [6.07, 6.45) is 2.82. The zero-order chi connectivity index (χ0) is 16.1. The molecule has 0 saturated heterocycles. The predicted molar refractivity (Wildman–Crippen MR) is 79.5 cm³/mol. The maximum atomic E-state index is 13.2. The van der Waals surface area contributed by atoms with E-state index >= 15 is 0 Å². The number of fused-ring (bicyclic) bond motifs is 3. The molecule has 0 saturated carbocycles. The summed E-state index contributed by atoms with van der Waals surface area (Å²) in [5.74, 6) is -1.43. The van der Waals surface area contributed by atoms with E-state index in [0.29, 0.717) is 16.6 Å². The molecule has 2 amide bonds. The highest BCUT2D eigenvalue weighted by atomic mass is 35.5. The monoisotopic (exact) mass is 330 g/mol. The van der Waals surface area contributed by atoms with Gasteiger partial charge in [-0.15, -0.1) is 0 Å². The third kappa shape index (κ3) is 2.01. The summed E-state index contributed by atoms with van der Waals surface area (Å²) in [4.78, 5) is 30.2. The number of hydrogen-bond donors (Lipinski definition) is 1. The molecular formula is C15H8ClFN4O2. The van der Waals surface area contributed by atoms with Gasteiger partial charge in [-0.05, 0) is 17.7 Å². The van der Waals surface area contributed by atoms with Gasteiger partial charge in [-0.2, -0.15) is 5.10 Å². The molecular weight excluding hydrogens is 323 g/mol. The van der Waals surface area contributed by atoms with Crippen molar-refractivity contribution < 1.29 is 14.0 Å². The molecule has 0 unspecified atom stereocenters. The van der Waals surface area contributed by atoms with Crippen molar-refractivity contribution in [2.45, 2.75) is 6.54 Å². The summed E-state index contributed by atoms with van der Waals surface area (Å²) in [5, 5.41) is 6.94. The Hall–Kier alpha value is -2.80. The Bertz CT molecular complexity index is 985. The number of aromatic nitrogens is 3. The van der Waals surface area contributed by atoms with Crippen LogP contribution in [0.4, 0.5) is 4.39 Å². The number of nitrogens with one attached hydrogen (secondary N) is 1. The number of halogens is 2. The maximum Gasteiger partial charge on any atom is 0.263 e. The average Bonchev–Trinajstić information content (AvgIpc) is 3.09. The lowest BCUT2D eigenvalue weighted by Gasteiger charge is -2.14. The minimum atomic E-state index is -0.554. The van der Waals surface area contributed by atoms with Crippen molar-refractivity contribution in [2.24, 2.45) is 0 Å². The largest absolute Gasteiger partial charge is 0.270 e. The van der Waals surface area contributed by atoms with Crippen molar-refractivity contribution >= 4 is 34.4 Å². The molecule has 3 heterocycles. The van der Waals surface area contributed by atoms with Gasteiger partial charge in [0.2, 0.25) is 0 Å². The quantitative estimate of drug-likeness (QED) is 0.732. The van der Waals surface area contributed by atoms with E-state index in [1.165, 1.54) is 30.6 Å². The second-order valence-electron chi connectivity index (χ2n) is 5.12. The van der Waals surface area contributed by atoms with E-state index < -0.39 is 17.6 Å². The van der Waals surface area contributed by atoms with Gasteiger partial charge in [-0.3, -0.25) is 19.6 Å². The van der Waals surface area contributed by atoms with Gasteiger partial charge in [-0.1, -0.05) is 17.7 Å². The number of carbonyl (C=O) groups is 2. The van der Waals surface area contributed by atoms with Crippen LogP contribution in [0.25, 0.3) is 11.0 Å². The van der Waals surface area contributed by atoms with Gasteiger partial charge in [0.25, 0.3) is 11.8 Å². The van der Waals surface area contributed by atoms with Crippen LogP contribution in [0.3, 0.4) is 0 Å². The van der Waals surface area contributed by atoms with Crippen LogP contribution < -0.4 is 0 Å². The van der Waals surface area contributed by atoms with Gasteiger partial charge in [0.15, 0.2) is 5.65 Å². The van der Waals surface area contributed by atoms with Gasteiger partial charge < -0.3 is 0 Å². The molecule has 3 aromatic rings. The van der Waals surface area contributed by atoms with Crippen LogP contribution in [-0.4, -0.2) is 31.9 Å². The van der Waals surface area contributed by atoms with E-state index in [1.807, 2.05) is 0 Å². The predicted octanol–water partition coefficient (Wildman–Crippen LogP) is 2.55. The molecule has 4 rings (SSSR count). The summed E-state index contributed by atoms with van der Waals surface area (Å²) < 4.78 is 13.2. The molecule has 0 spiro atoms. The molecule has 0 bridgehead atoms. The molecule has 2 aromatic heterocycles. The van der Waals surface area contributed by atoms with Crippen molar-refractivity contribution in [3.63, 3.8) is 0 Å². The second kappa shape index (κ2) is 4.85. The van der Waals surface area contributed by atoms with Crippen molar-refractivity contribution in [3.05, 3.63) is 58.1 Å². The Morgan fingerprint density at radius 1 is 1.22 bits per heavy atom. The third-order valence-corrected chi connectivity index (χ3v) is 4.03. The Morgan fingerprint density at radius 2 is 2.04 bits per heavy atom. The lowest BCUT2D eigenvalue weighted by Crippen LogP contribution is -2.29. The number of hydrogen-bond acceptors (Lipinski definition) is 4. The molecule has 23 heavy (non-hydrogen) atoms. The molecule has 0 radical (unpaired) electrons. The fraction of sp³-hybridized carbons (Fsp3) is 0.0667. The number of pyridine rings is 1. The number of aromatic amines is 1. The first-order chi connectivity index (χ1) is 11.1. The Morgan fingerprint density at radius 3 is 2.83 bits per heavy atom. The van der Waals surface area contributed by atoms with Crippen LogP contribution in [0, 0.1) is 5.82 Å². The van der Waals surface area contributed by atoms with E-state index in [1.54, 1.807) is 0 Å². The van der Waals surface area contributed by atoms with Crippen LogP contribution >= 0.6 is 11.6 Å². The number of imide groups is 1. The minimum Gasteiger partial charge on any atom is -0.270 e. The van der Waals surface area contributed by atoms with E-state index in [-0.39, 0.29) is 22.7 Å². The Labute approximate surface area is 133 Å². The molecule has 0 atom stereocenters. The van der Waals surface area contributed by atoms with Crippen LogP contribution in [0.2, 0.25) is 5.02 Å². The Balaban J connectivity index is 1.75. The van der Waals surface area contributed by atoms with Gasteiger partial charge in [0.1, 0.15) is 5.82 Å². The Kier molecular flexibility index (Phi) is 2.92. The second-order valence-corrected chi connectivity index (χ2v) is 5.53. The van der Waals surface area contributed by atoms with Crippen LogP contribution in [-0.2, 0) is 6.54 Å². The van der Waals surface area contributed by atoms with Gasteiger partial charge in [-0.25, -0.2) is 9.37 Å². The topological polar surface area (TPSA) is 79.0 Å². The first-order valence-electron chi connectivity index (χ1n) is 6.68. The first-order valence-corrected chi connectivity index (χ1v) is 7.06. The number of amides is 2. The third-order valence-electron chi connectivity index (χ3n) is 3.74. The maximum absolute atomic E-state index is 13.2. The normalized spacial score (nSPS) is 13.9. The van der Waals surface area contributed by atoms with E-state index in [4.69, 9.17) is 11.6 Å². The van der Waals surface area contributed by atoms with Gasteiger partial charge >= 0.3 is 0 Å². The van der Waals surface area contributed by atoms with E-state index in [9.17, 15) is 14.0 Å². The van der Waals surface area contributed by atoms with Crippen molar-refractivity contribution in [1.29, 1.82) is 0 Å². The fourth-order valence-electron chi connectivity index (χ4n) is 2.63. The average molecular weight is 331 g/mol. The summed E-state index contributed by atoms with van der Waals surface area (Å²) >= 11 is 5.74. The molecule has 8 heteroatoms. The molecule has 1 aliphatic rings. The number of carbonyl (C=O) groups excluding carboxylic acids is 2. The first kappa shape index (κ1) is 13.8. The smallest absolute Gasteiger partial charge is 0.263 e. The highest BCUT2D eigenvalue weighted by Gasteiger charge is 2.37. The molecule has 1 aromatic carbocycles. The van der Waals surface area contributed by atoms with Crippen LogP contribution in [0.5, 0.6) is 0 Å². The van der Waals surface area contributed by atoms with Crippen molar-refractivity contribution in [3.8, 4) is 0 Å². The lowest BCUT2D eigenvalue weighted by atomic mass is 10.1. The van der Waals surface area contributed by atoms with Crippen molar-refractivity contribution in [1.82, 2.24) is 20.1 Å². The number of benzene rings is 1. The summed E-state index contributed by atoms with van der Waals surface area (Å²) in [5.41, 5.74) is 1.51. The zero-order valence-electron chi connectivity index (χ0n) is 11.5. The van der Waals surface area contributed by atoms with Crippen LogP contribution in [0.1, 0.15) is 26.3 Å². The zero-order valence-corrected chi connectivity index (χ0v) is 12.3. The lowest BCUT2D eigenvalue weighted by molar-refractivity contribution is 0.0643. The van der Waals surface area contributed by atoms with Gasteiger partial charge in [0, 0.05) is 6.20 Å². The molecule has 114 valence electrons. The highest BCUT2D eigenvalue weighted by molar-refractivity contribution is 6.30. The van der Waals surface area contributed by atoms with Crippen LogP contribution in [0.15, 0.2) is 30.6 Å². The van der Waals surface area contributed by atoms with E-state index in [2.05, 4.69) is 15.2 Å². The molecule has 0 fully saturated rings. The number of nitrogens with zero attached hydrogens (tertiary/aromatic N) is 3. The van der Waals surface area contributed by atoms with E-state index in [0.717, 1.165) is 4.90 Å². The SMILES string of the molecule is O=C1c2cnc3[nH]ncc3c2C(=O)N1Cc1ccc(F)c(Cl)c1. The fourth-order valence-corrected chi connectivity index (χ4v) is 2.83. The number of rotatable bonds is 2. The molecule has 1 N–H and O–H groups in total. The summed E-state index contributed by atoms with van der Waals surface area (Å²) in [6, 6.07) is 4.08. The van der Waals surface area contributed by atoms with Crippen molar-refractivity contribution in [2.75, 3.05) is 0 Å². The standard InChI is InChI=1S/C15H8ClFN4O2/c16-10-3-7(1-2-11(10)17)6-21-14(22)9-4-18-13-8(5-19-20-13)12(9)15(21)23/h1-5H,6H2,(H,18,19,20). The number of H-pyrrole nitrogens is 1. The summed E-state index contributed by atoms with van der Waals surface area (Å²) in [7, 11) is 0. The molecule has 0 aliphatic carbocycles. The summed E-state index contributed by atoms with van der Waals surface area (Å²) in [6.45, 7) is 0.00565. The molecule has 1 aliphatic heterocycles. The highest BCUT2D eigenvalue weighted by Crippen LogP contribution is 2.29. The molecule has 6 nitrogen and oxygen atoms in total.